The summed E-state index contributed by atoms with van der Waals surface area (Å²) in [6, 6.07) is 5.76. The number of piperidine rings is 1. The molecule has 2 rings (SSSR count). The van der Waals surface area contributed by atoms with E-state index in [1.807, 2.05) is 25.1 Å². The monoisotopic (exact) mass is 278 g/mol. The summed E-state index contributed by atoms with van der Waals surface area (Å²) in [7, 11) is 1.61. The number of pyridine rings is 1. The fraction of sp³-hybridized carbons (Fsp3) is 0.600. The Morgan fingerprint density at radius 2 is 2.35 bits per heavy atom. The number of esters is 1. The van der Waals surface area contributed by atoms with E-state index < -0.39 is 0 Å². The third-order valence-corrected chi connectivity index (χ3v) is 3.50. The highest BCUT2D eigenvalue weighted by Crippen LogP contribution is 2.20. The van der Waals surface area contributed by atoms with Gasteiger partial charge in [-0.25, -0.2) is 4.98 Å². The molecule has 5 heteroatoms. The zero-order valence-corrected chi connectivity index (χ0v) is 12.2. The summed E-state index contributed by atoms with van der Waals surface area (Å²) in [5.41, 5.74) is 0.967. The molecule has 1 aromatic rings. The van der Waals surface area contributed by atoms with Crippen LogP contribution in [0.5, 0.6) is 5.88 Å². The summed E-state index contributed by atoms with van der Waals surface area (Å²) in [5.74, 6) is 0.548. The van der Waals surface area contributed by atoms with E-state index >= 15 is 0 Å². The first kappa shape index (κ1) is 14.8. The molecular formula is C15H22N2O3. The van der Waals surface area contributed by atoms with Crippen LogP contribution in [-0.2, 0) is 16.1 Å². The van der Waals surface area contributed by atoms with Crippen LogP contribution in [0.4, 0.5) is 0 Å². The van der Waals surface area contributed by atoms with Crippen molar-refractivity contribution in [3.05, 3.63) is 23.9 Å². The Labute approximate surface area is 119 Å². The molecule has 5 nitrogen and oxygen atoms in total. The number of hydrogen-bond donors (Lipinski definition) is 0. The van der Waals surface area contributed by atoms with Gasteiger partial charge < -0.3 is 9.47 Å². The number of methoxy groups -OCH3 is 1. The van der Waals surface area contributed by atoms with E-state index in [0.29, 0.717) is 12.5 Å². The summed E-state index contributed by atoms with van der Waals surface area (Å²) in [6.45, 7) is 4.78. The largest absolute Gasteiger partial charge is 0.481 e. The minimum Gasteiger partial charge on any atom is -0.481 e. The second-order valence-electron chi connectivity index (χ2n) is 5.00. The first-order chi connectivity index (χ1) is 9.72. The Balaban J connectivity index is 1.93. The predicted octanol–water partition coefficient (Wildman–Crippen LogP) is 1.87. The Kier molecular flexibility index (Phi) is 5.35. The van der Waals surface area contributed by atoms with Gasteiger partial charge in [-0.2, -0.15) is 0 Å². The van der Waals surface area contributed by atoms with Gasteiger partial charge in [-0.05, 0) is 32.4 Å². The minimum absolute atomic E-state index is 0.00527. The maximum atomic E-state index is 11.8. The molecule has 0 bridgehead atoms. The van der Waals surface area contributed by atoms with Gasteiger partial charge in [0.25, 0.3) is 0 Å². The second kappa shape index (κ2) is 7.24. The Bertz CT molecular complexity index is 450. The highest BCUT2D eigenvalue weighted by Gasteiger charge is 2.26. The molecule has 0 aromatic carbocycles. The van der Waals surface area contributed by atoms with Gasteiger partial charge in [-0.3, -0.25) is 9.69 Å². The van der Waals surface area contributed by atoms with E-state index in [9.17, 15) is 4.79 Å². The van der Waals surface area contributed by atoms with E-state index in [2.05, 4.69) is 9.88 Å². The lowest BCUT2D eigenvalue weighted by atomic mass is 9.98. The number of nitrogens with zero attached hydrogens (tertiary/aromatic N) is 2. The molecule has 0 amide bonds. The number of aromatic nitrogens is 1. The highest BCUT2D eigenvalue weighted by atomic mass is 16.5. The molecule has 20 heavy (non-hydrogen) atoms. The van der Waals surface area contributed by atoms with E-state index in [1.165, 1.54) is 0 Å². The molecular weight excluding hydrogens is 256 g/mol. The molecule has 0 unspecified atom stereocenters. The average molecular weight is 278 g/mol. The lowest BCUT2D eigenvalue weighted by Crippen LogP contribution is -2.39. The summed E-state index contributed by atoms with van der Waals surface area (Å²) < 4.78 is 10.2. The fourth-order valence-corrected chi connectivity index (χ4v) is 2.54. The number of hydrogen-bond acceptors (Lipinski definition) is 5. The van der Waals surface area contributed by atoms with Crippen LogP contribution in [0, 0.1) is 5.92 Å². The van der Waals surface area contributed by atoms with Crippen molar-refractivity contribution in [2.45, 2.75) is 26.3 Å². The maximum absolute atomic E-state index is 11.8. The van der Waals surface area contributed by atoms with Crippen molar-refractivity contribution in [2.24, 2.45) is 5.92 Å². The molecule has 1 saturated heterocycles. The standard InChI is InChI=1S/C15H22N2O3/c1-3-20-15(18)12-6-5-9-17(10-12)11-13-7-4-8-14(16-13)19-2/h4,7-8,12H,3,5-6,9-11H2,1-2H3/t12-/m0/s1. The van der Waals surface area contributed by atoms with Crippen molar-refractivity contribution < 1.29 is 14.3 Å². The van der Waals surface area contributed by atoms with Crippen LogP contribution in [0.2, 0.25) is 0 Å². The Morgan fingerprint density at radius 3 is 3.10 bits per heavy atom. The molecule has 1 aliphatic heterocycles. The van der Waals surface area contributed by atoms with Gasteiger partial charge in [0.1, 0.15) is 0 Å². The van der Waals surface area contributed by atoms with Crippen LogP contribution in [0.3, 0.4) is 0 Å². The van der Waals surface area contributed by atoms with Crippen molar-refractivity contribution >= 4 is 5.97 Å². The lowest BCUT2D eigenvalue weighted by Gasteiger charge is -2.31. The third kappa shape index (κ3) is 3.93. The van der Waals surface area contributed by atoms with Crippen molar-refractivity contribution in [1.29, 1.82) is 0 Å². The van der Waals surface area contributed by atoms with Crippen LogP contribution in [-0.4, -0.2) is 42.7 Å². The van der Waals surface area contributed by atoms with Gasteiger partial charge >= 0.3 is 5.97 Å². The maximum Gasteiger partial charge on any atom is 0.310 e. The first-order valence-electron chi connectivity index (χ1n) is 7.12. The van der Waals surface area contributed by atoms with Crippen molar-refractivity contribution in [2.75, 3.05) is 26.8 Å². The van der Waals surface area contributed by atoms with Gasteiger partial charge in [-0.15, -0.1) is 0 Å². The van der Waals surface area contributed by atoms with Crippen molar-refractivity contribution in [3.63, 3.8) is 0 Å². The molecule has 0 spiro atoms. The third-order valence-electron chi connectivity index (χ3n) is 3.50. The summed E-state index contributed by atoms with van der Waals surface area (Å²) in [5, 5.41) is 0. The zero-order valence-electron chi connectivity index (χ0n) is 12.2. The molecule has 2 heterocycles. The summed E-state index contributed by atoms with van der Waals surface area (Å²) in [6.07, 6.45) is 1.94. The van der Waals surface area contributed by atoms with Gasteiger partial charge in [0.05, 0.1) is 25.3 Å². The molecule has 0 saturated carbocycles. The second-order valence-corrected chi connectivity index (χ2v) is 5.00. The Morgan fingerprint density at radius 1 is 1.50 bits per heavy atom. The zero-order chi connectivity index (χ0) is 14.4. The average Bonchev–Trinajstić information content (AvgIpc) is 2.48. The van der Waals surface area contributed by atoms with Gasteiger partial charge in [0, 0.05) is 19.2 Å². The molecule has 110 valence electrons. The topological polar surface area (TPSA) is 51.7 Å². The molecule has 0 aliphatic carbocycles. The van der Waals surface area contributed by atoms with Gasteiger partial charge in [0.2, 0.25) is 5.88 Å². The van der Waals surface area contributed by atoms with E-state index in [-0.39, 0.29) is 11.9 Å². The number of rotatable bonds is 5. The normalized spacial score (nSPS) is 19.6. The van der Waals surface area contributed by atoms with Crippen LogP contribution in [0.25, 0.3) is 0 Å². The highest BCUT2D eigenvalue weighted by molar-refractivity contribution is 5.72. The fourth-order valence-electron chi connectivity index (χ4n) is 2.54. The van der Waals surface area contributed by atoms with E-state index in [0.717, 1.165) is 38.2 Å². The van der Waals surface area contributed by atoms with Crippen LogP contribution in [0.1, 0.15) is 25.5 Å². The SMILES string of the molecule is CCOC(=O)[C@H]1CCCN(Cc2cccc(OC)n2)C1. The molecule has 1 fully saturated rings. The van der Waals surface area contributed by atoms with Crippen LogP contribution < -0.4 is 4.74 Å². The minimum atomic E-state index is -0.0733. The van der Waals surface area contributed by atoms with Crippen LogP contribution >= 0.6 is 0 Å². The molecule has 1 aromatic heterocycles. The van der Waals surface area contributed by atoms with E-state index in [4.69, 9.17) is 9.47 Å². The Hall–Kier alpha value is -1.62. The smallest absolute Gasteiger partial charge is 0.310 e. The van der Waals surface area contributed by atoms with Crippen LogP contribution in [0.15, 0.2) is 18.2 Å². The number of carbonyl (C=O) groups is 1. The number of likely N-dealkylation sites (tertiary alicyclic amines) is 1. The lowest BCUT2D eigenvalue weighted by molar-refractivity contribution is -0.150. The number of carbonyl (C=O) groups excluding carboxylic acids is 1. The molecule has 1 aliphatic rings. The van der Waals surface area contributed by atoms with Gasteiger partial charge in [0.15, 0.2) is 0 Å². The molecule has 1 atom stereocenters. The molecule has 0 radical (unpaired) electrons. The predicted molar refractivity (Wildman–Crippen MR) is 75.4 cm³/mol. The number of ether oxygens (including phenoxy) is 2. The molecule has 0 N–H and O–H groups in total. The van der Waals surface area contributed by atoms with Crippen molar-refractivity contribution in [1.82, 2.24) is 9.88 Å². The summed E-state index contributed by atoms with van der Waals surface area (Å²) in [4.78, 5) is 18.5. The summed E-state index contributed by atoms with van der Waals surface area (Å²) >= 11 is 0. The first-order valence-corrected chi connectivity index (χ1v) is 7.12. The van der Waals surface area contributed by atoms with Crippen molar-refractivity contribution in [3.8, 4) is 5.88 Å². The quantitative estimate of drug-likeness (QED) is 0.770. The van der Waals surface area contributed by atoms with Gasteiger partial charge in [-0.1, -0.05) is 6.07 Å². The van der Waals surface area contributed by atoms with E-state index in [1.54, 1.807) is 7.11 Å².